The number of hydrogen-bond donors (Lipinski definition) is 0. The number of aryl methyl sites for hydroxylation is 1. The van der Waals surface area contributed by atoms with Gasteiger partial charge in [0.2, 0.25) is 0 Å². The minimum Gasteiger partial charge on any atom is -0.469 e. The van der Waals surface area contributed by atoms with Crippen LogP contribution < -0.4 is 0 Å². The molecule has 1 rings (SSSR count). The van der Waals surface area contributed by atoms with Crippen LogP contribution in [0.1, 0.15) is 30.1 Å². The van der Waals surface area contributed by atoms with Crippen molar-refractivity contribution in [2.45, 2.75) is 25.9 Å². The van der Waals surface area contributed by atoms with E-state index in [1.165, 1.54) is 13.2 Å². The Morgan fingerprint density at radius 3 is 2.65 bits per heavy atom. The molecule has 0 N–H and O–H groups in total. The fourth-order valence-electron chi connectivity index (χ4n) is 2.15. The van der Waals surface area contributed by atoms with Crippen LogP contribution >= 0.6 is 0 Å². The van der Waals surface area contributed by atoms with E-state index in [0.717, 1.165) is 5.56 Å². The first-order valence-corrected chi connectivity index (χ1v) is 6.51. The minimum absolute atomic E-state index is 0.251. The fourth-order valence-corrected chi connectivity index (χ4v) is 2.15. The number of carbonyl (C=O) groups excluding carboxylic acids is 1. The van der Waals surface area contributed by atoms with Gasteiger partial charge in [0.05, 0.1) is 19.1 Å². The van der Waals surface area contributed by atoms with Gasteiger partial charge in [0.25, 0.3) is 0 Å². The molecule has 0 fully saturated rings. The molecule has 0 radical (unpaired) electrons. The average Bonchev–Trinajstić information content (AvgIpc) is 2.45. The maximum Gasteiger partial charge on any atom is 0.309 e. The number of ether oxygens (including phenoxy) is 2. The van der Waals surface area contributed by atoms with Gasteiger partial charge in [0, 0.05) is 7.11 Å². The van der Waals surface area contributed by atoms with Crippen molar-refractivity contribution in [3.63, 3.8) is 0 Å². The molecule has 0 saturated heterocycles. The lowest BCUT2D eigenvalue weighted by atomic mass is 9.93. The van der Waals surface area contributed by atoms with E-state index in [1.807, 2.05) is 0 Å². The van der Waals surface area contributed by atoms with Crippen LogP contribution in [0.5, 0.6) is 0 Å². The molecule has 0 heterocycles. The summed E-state index contributed by atoms with van der Waals surface area (Å²) in [6.45, 7) is 5.35. The Balaban J connectivity index is 2.90. The van der Waals surface area contributed by atoms with Crippen molar-refractivity contribution >= 4 is 5.97 Å². The predicted molar refractivity (Wildman–Crippen MR) is 75.8 cm³/mol. The molecule has 3 nitrogen and oxygen atoms in total. The van der Waals surface area contributed by atoms with Gasteiger partial charge < -0.3 is 9.47 Å². The van der Waals surface area contributed by atoms with E-state index in [9.17, 15) is 9.18 Å². The van der Waals surface area contributed by atoms with E-state index in [0.29, 0.717) is 18.4 Å². The Kier molecular flexibility index (Phi) is 6.39. The summed E-state index contributed by atoms with van der Waals surface area (Å²) in [5.41, 5.74) is 1.41. The number of esters is 1. The largest absolute Gasteiger partial charge is 0.469 e. The molecule has 2 atom stereocenters. The highest BCUT2D eigenvalue weighted by atomic mass is 19.1. The third kappa shape index (κ3) is 4.17. The Bertz CT molecular complexity index is 471. The van der Waals surface area contributed by atoms with Crippen molar-refractivity contribution in [3.05, 3.63) is 47.8 Å². The third-order valence-corrected chi connectivity index (χ3v) is 3.32. The Morgan fingerprint density at radius 1 is 1.45 bits per heavy atom. The van der Waals surface area contributed by atoms with Crippen LogP contribution in [-0.2, 0) is 14.3 Å². The van der Waals surface area contributed by atoms with Crippen molar-refractivity contribution in [1.82, 2.24) is 0 Å². The number of rotatable bonds is 7. The van der Waals surface area contributed by atoms with E-state index in [4.69, 9.17) is 9.47 Å². The Hall–Kier alpha value is -1.68. The van der Waals surface area contributed by atoms with E-state index in [-0.39, 0.29) is 23.8 Å². The summed E-state index contributed by atoms with van der Waals surface area (Å²) in [6.07, 6.45) is 2.40. The molecule has 0 aliphatic carbocycles. The molecule has 2 unspecified atom stereocenters. The topological polar surface area (TPSA) is 35.5 Å². The number of halogens is 1. The summed E-state index contributed by atoms with van der Waals surface area (Å²) in [5.74, 6) is -0.849. The number of carbonyl (C=O) groups is 1. The fraction of sp³-hybridized carbons (Fsp3) is 0.438. The molecular weight excluding hydrogens is 259 g/mol. The second kappa shape index (κ2) is 7.80. The summed E-state index contributed by atoms with van der Waals surface area (Å²) in [5, 5.41) is 0. The standard InChI is InChI=1S/C16H21FO3/c1-5-6-13(16(18)20-4)10-15(19-3)12-7-8-14(17)11(2)9-12/h5,7-9,13,15H,1,6,10H2,2-4H3. The molecule has 4 heteroatoms. The zero-order chi connectivity index (χ0) is 15.1. The zero-order valence-corrected chi connectivity index (χ0v) is 12.2. The first kappa shape index (κ1) is 16.4. The third-order valence-electron chi connectivity index (χ3n) is 3.32. The lowest BCUT2D eigenvalue weighted by molar-refractivity contribution is -0.146. The summed E-state index contributed by atoms with van der Waals surface area (Å²) in [6, 6.07) is 4.84. The second-order valence-electron chi connectivity index (χ2n) is 4.71. The van der Waals surface area contributed by atoms with Gasteiger partial charge >= 0.3 is 5.97 Å². The van der Waals surface area contributed by atoms with Crippen LogP contribution in [0, 0.1) is 18.7 Å². The maximum absolute atomic E-state index is 13.3. The normalized spacial score (nSPS) is 13.6. The molecule has 20 heavy (non-hydrogen) atoms. The van der Waals surface area contributed by atoms with E-state index in [1.54, 1.807) is 32.2 Å². The quantitative estimate of drug-likeness (QED) is 0.565. The zero-order valence-electron chi connectivity index (χ0n) is 12.2. The van der Waals surface area contributed by atoms with Gasteiger partial charge in [-0.3, -0.25) is 4.79 Å². The van der Waals surface area contributed by atoms with Crippen molar-refractivity contribution in [1.29, 1.82) is 0 Å². The Labute approximate surface area is 119 Å². The van der Waals surface area contributed by atoms with Crippen LogP contribution in [0.2, 0.25) is 0 Å². The van der Waals surface area contributed by atoms with Gasteiger partial charge in [-0.15, -0.1) is 6.58 Å². The number of methoxy groups -OCH3 is 2. The van der Waals surface area contributed by atoms with Crippen LogP contribution in [0.3, 0.4) is 0 Å². The van der Waals surface area contributed by atoms with Crippen molar-refractivity contribution in [2.24, 2.45) is 5.92 Å². The van der Waals surface area contributed by atoms with Crippen LogP contribution in [0.15, 0.2) is 30.9 Å². The number of benzene rings is 1. The molecule has 0 aromatic heterocycles. The van der Waals surface area contributed by atoms with E-state index < -0.39 is 0 Å². The monoisotopic (exact) mass is 280 g/mol. The van der Waals surface area contributed by atoms with Crippen molar-refractivity contribution in [3.8, 4) is 0 Å². The molecule has 1 aromatic rings. The van der Waals surface area contributed by atoms with Gasteiger partial charge in [-0.2, -0.15) is 0 Å². The first-order chi connectivity index (χ1) is 9.53. The molecular formula is C16H21FO3. The number of allylic oxidation sites excluding steroid dienone is 1. The molecule has 0 amide bonds. The van der Waals surface area contributed by atoms with Crippen LogP contribution in [-0.4, -0.2) is 20.2 Å². The Morgan fingerprint density at radius 2 is 2.15 bits per heavy atom. The van der Waals surface area contributed by atoms with Crippen LogP contribution in [0.4, 0.5) is 4.39 Å². The average molecular weight is 280 g/mol. The van der Waals surface area contributed by atoms with Gasteiger partial charge in [-0.05, 0) is 37.0 Å². The highest BCUT2D eigenvalue weighted by Gasteiger charge is 2.24. The SMILES string of the molecule is C=CCC(CC(OC)c1ccc(F)c(C)c1)C(=O)OC. The maximum atomic E-state index is 13.3. The van der Waals surface area contributed by atoms with Gasteiger partial charge in [0.15, 0.2) is 0 Å². The molecule has 1 aromatic carbocycles. The van der Waals surface area contributed by atoms with E-state index in [2.05, 4.69) is 6.58 Å². The molecule has 0 spiro atoms. The molecule has 0 bridgehead atoms. The van der Waals surface area contributed by atoms with Crippen LogP contribution in [0.25, 0.3) is 0 Å². The van der Waals surface area contributed by atoms with Gasteiger partial charge in [-0.1, -0.05) is 18.2 Å². The van der Waals surface area contributed by atoms with Crippen molar-refractivity contribution < 1.29 is 18.7 Å². The van der Waals surface area contributed by atoms with Crippen molar-refractivity contribution in [2.75, 3.05) is 14.2 Å². The number of hydrogen-bond acceptors (Lipinski definition) is 3. The minimum atomic E-state index is -0.312. The molecule has 0 aliphatic rings. The lowest BCUT2D eigenvalue weighted by Crippen LogP contribution is -2.19. The lowest BCUT2D eigenvalue weighted by Gasteiger charge is -2.21. The van der Waals surface area contributed by atoms with Gasteiger partial charge in [-0.25, -0.2) is 4.39 Å². The first-order valence-electron chi connectivity index (χ1n) is 6.51. The summed E-state index contributed by atoms with van der Waals surface area (Å²) >= 11 is 0. The predicted octanol–water partition coefficient (Wildman–Crippen LogP) is 3.58. The summed E-state index contributed by atoms with van der Waals surface area (Å²) < 4.78 is 23.5. The summed E-state index contributed by atoms with van der Waals surface area (Å²) in [4.78, 5) is 11.7. The summed E-state index contributed by atoms with van der Waals surface area (Å²) in [7, 11) is 2.94. The van der Waals surface area contributed by atoms with E-state index >= 15 is 0 Å². The highest BCUT2D eigenvalue weighted by Crippen LogP contribution is 2.28. The molecule has 0 aliphatic heterocycles. The second-order valence-corrected chi connectivity index (χ2v) is 4.71. The smallest absolute Gasteiger partial charge is 0.309 e. The van der Waals surface area contributed by atoms with Gasteiger partial charge in [0.1, 0.15) is 5.82 Å². The highest BCUT2D eigenvalue weighted by molar-refractivity contribution is 5.72. The molecule has 0 saturated carbocycles. The molecule has 110 valence electrons.